The molecule has 2 aromatic heterocycles. The molecule has 0 amide bonds. The normalized spacial score (nSPS) is 11.5. The molecule has 136 valence electrons. The molecule has 6 nitrogen and oxygen atoms in total. The van der Waals surface area contributed by atoms with Gasteiger partial charge in [-0.25, -0.2) is 21.9 Å². The van der Waals surface area contributed by atoms with Gasteiger partial charge in [0, 0.05) is 18.7 Å². The third-order valence-electron chi connectivity index (χ3n) is 3.24. The monoisotopic (exact) mass is 397 g/mol. The maximum absolute atomic E-state index is 13.6. The maximum Gasteiger partial charge on any atom is 0.243 e. The zero-order chi connectivity index (χ0) is 18.6. The fraction of sp³-hybridized carbons (Fsp3) is 0.125. The van der Waals surface area contributed by atoms with E-state index in [4.69, 9.17) is 4.74 Å². The molecule has 0 bridgehead atoms. The van der Waals surface area contributed by atoms with Crippen LogP contribution >= 0.6 is 11.3 Å². The Labute approximate surface area is 152 Å². The van der Waals surface area contributed by atoms with E-state index in [2.05, 4.69) is 14.9 Å². The van der Waals surface area contributed by atoms with Crippen molar-refractivity contribution in [2.45, 2.75) is 4.90 Å². The molecule has 26 heavy (non-hydrogen) atoms. The number of hydrogen-bond donors (Lipinski definition) is 1. The average molecular weight is 397 g/mol. The molecule has 1 aromatic carbocycles. The molecule has 2 heterocycles. The van der Waals surface area contributed by atoms with Crippen molar-refractivity contribution in [2.24, 2.45) is 0 Å². The summed E-state index contributed by atoms with van der Waals surface area (Å²) in [4.78, 5) is 0.345. The minimum absolute atomic E-state index is 0.0327. The molecule has 10 heteroatoms. The van der Waals surface area contributed by atoms with Crippen molar-refractivity contribution < 1.29 is 21.9 Å². The molecule has 0 spiro atoms. The smallest absolute Gasteiger partial charge is 0.243 e. The summed E-state index contributed by atoms with van der Waals surface area (Å²) in [6, 6.07) is 9.43. The van der Waals surface area contributed by atoms with Gasteiger partial charge in [0.1, 0.15) is 28.8 Å². The van der Waals surface area contributed by atoms with Gasteiger partial charge in [-0.2, -0.15) is 0 Å². The van der Waals surface area contributed by atoms with E-state index in [1.54, 1.807) is 12.1 Å². The first-order valence-corrected chi connectivity index (χ1v) is 9.77. The molecule has 0 saturated carbocycles. The number of halogens is 2. The zero-order valence-corrected chi connectivity index (χ0v) is 14.9. The predicted octanol–water partition coefficient (Wildman–Crippen LogP) is 2.84. The number of aromatic nitrogens is 2. The molecule has 3 rings (SSSR count). The number of nitrogens with one attached hydrogen (secondary N) is 1. The highest BCUT2D eigenvalue weighted by molar-refractivity contribution is 7.89. The number of benzene rings is 1. The second kappa shape index (κ2) is 7.85. The summed E-state index contributed by atoms with van der Waals surface area (Å²) in [7, 11) is -4.10. The lowest BCUT2D eigenvalue weighted by molar-refractivity contribution is 0.307. The van der Waals surface area contributed by atoms with Crippen LogP contribution in [0.4, 0.5) is 8.78 Å². The molecule has 0 atom stereocenters. The highest BCUT2D eigenvalue weighted by atomic mass is 32.2. The van der Waals surface area contributed by atoms with Gasteiger partial charge in [-0.1, -0.05) is 6.07 Å². The van der Waals surface area contributed by atoms with Crippen LogP contribution in [0.2, 0.25) is 0 Å². The van der Waals surface area contributed by atoms with Gasteiger partial charge in [-0.15, -0.1) is 21.5 Å². The molecule has 0 saturated heterocycles. The summed E-state index contributed by atoms with van der Waals surface area (Å²) in [6.07, 6.45) is 0. The topological polar surface area (TPSA) is 81.2 Å². The summed E-state index contributed by atoms with van der Waals surface area (Å²) < 4.78 is 57.9. The number of hydrogen-bond acceptors (Lipinski definition) is 6. The second-order valence-corrected chi connectivity index (χ2v) is 7.74. The van der Waals surface area contributed by atoms with Crippen LogP contribution in [-0.4, -0.2) is 31.8 Å². The average Bonchev–Trinajstić information content (AvgIpc) is 3.13. The van der Waals surface area contributed by atoms with Gasteiger partial charge < -0.3 is 4.74 Å². The van der Waals surface area contributed by atoms with Crippen molar-refractivity contribution in [1.29, 1.82) is 0 Å². The first kappa shape index (κ1) is 18.4. The molecule has 0 aliphatic rings. The van der Waals surface area contributed by atoms with Gasteiger partial charge in [-0.05, 0) is 29.6 Å². The molecular weight excluding hydrogens is 384 g/mol. The van der Waals surface area contributed by atoms with Gasteiger partial charge in [-0.3, -0.25) is 0 Å². The van der Waals surface area contributed by atoms with E-state index in [1.165, 1.54) is 11.3 Å². The van der Waals surface area contributed by atoms with E-state index in [9.17, 15) is 17.2 Å². The number of sulfonamides is 1. The van der Waals surface area contributed by atoms with Crippen molar-refractivity contribution in [3.63, 3.8) is 0 Å². The van der Waals surface area contributed by atoms with E-state index < -0.39 is 26.6 Å². The standard InChI is InChI=1S/C16H13F2N3O3S2/c17-11-3-5-15(12(18)10-11)26(22,23)19-7-8-24-16-6-4-13(20-21-16)14-2-1-9-25-14/h1-6,9-10,19H,7-8H2. The van der Waals surface area contributed by atoms with Crippen molar-refractivity contribution in [2.75, 3.05) is 13.2 Å². The van der Waals surface area contributed by atoms with Gasteiger partial charge in [0.05, 0.1) is 4.88 Å². The quantitative estimate of drug-likeness (QED) is 0.620. The predicted molar refractivity (Wildman–Crippen MR) is 92.4 cm³/mol. The third-order valence-corrected chi connectivity index (χ3v) is 5.63. The Kier molecular flexibility index (Phi) is 5.55. The lowest BCUT2D eigenvalue weighted by Crippen LogP contribution is -2.29. The lowest BCUT2D eigenvalue weighted by Gasteiger charge is -2.08. The SMILES string of the molecule is O=S(=O)(NCCOc1ccc(-c2cccs2)nn1)c1ccc(F)cc1F. The van der Waals surface area contributed by atoms with Crippen LogP contribution in [0.15, 0.2) is 52.7 Å². The van der Waals surface area contributed by atoms with Gasteiger partial charge >= 0.3 is 0 Å². The van der Waals surface area contributed by atoms with E-state index in [0.29, 0.717) is 11.8 Å². The van der Waals surface area contributed by atoms with Crippen molar-refractivity contribution >= 4 is 21.4 Å². The highest BCUT2D eigenvalue weighted by Crippen LogP contribution is 2.22. The van der Waals surface area contributed by atoms with Crippen LogP contribution in [0.25, 0.3) is 10.6 Å². The van der Waals surface area contributed by atoms with Crippen LogP contribution < -0.4 is 9.46 Å². The Bertz CT molecular complexity index is 978. The molecule has 3 aromatic rings. The minimum Gasteiger partial charge on any atom is -0.475 e. The van der Waals surface area contributed by atoms with Gasteiger partial charge in [0.2, 0.25) is 15.9 Å². The Morgan fingerprint density at radius 2 is 1.96 bits per heavy atom. The van der Waals surface area contributed by atoms with Gasteiger partial charge in [0.25, 0.3) is 0 Å². The Hall–Kier alpha value is -2.43. The van der Waals surface area contributed by atoms with Crippen LogP contribution in [-0.2, 0) is 10.0 Å². The summed E-state index contributed by atoms with van der Waals surface area (Å²) in [5.74, 6) is -1.78. The summed E-state index contributed by atoms with van der Waals surface area (Å²) in [5, 5.41) is 9.86. The fourth-order valence-electron chi connectivity index (χ4n) is 2.06. The van der Waals surface area contributed by atoms with Gasteiger partial charge in [0.15, 0.2) is 0 Å². The number of ether oxygens (including phenoxy) is 1. The summed E-state index contributed by atoms with van der Waals surface area (Å²) >= 11 is 1.53. The Balaban J connectivity index is 1.53. The first-order chi connectivity index (χ1) is 12.5. The van der Waals surface area contributed by atoms with Crippen molar-refractivity contribution in [3.05, 3.63) is 59.5 Å². The van der Waals surface area contributed by atoms with Crippen LogP contribution in [0.3, 0.4) is 0 Å². The van der Waals surface area contributed by atoms with E-state index in [0.717, 1.165) is 17.0 Å². The number of nitrogens with zero attached hydrogens (tertiary/aromatic N) is 2. The van der Waals surface area contributed by atoms with E-state index in [1.807, 2.05) is 17.5 Å². The summed E-state index contributed by atoms with van der Waals surface area (Å²) in [5.41, 5.74) is 0.708. The molecule has 0 aliphatic heterocycles. The Morgan fingerprint density at radius 1 is 1.12 bits per heavy atom. The highest BCUT2D eigenvalue weighted by Gasteiger charge is 2.19. The molecular formula is C16H13F2N3O3S2. The van der Waals surface area contributed by atoms with Crippen LogP contribution in [0.1, 0.15) is 0 Å². The Morgan fingerprint density at radius 3 is 2.62 bits per heavy atom. The van der Waals surface area contributed by atoms with Crippen LogP contribution in [0, 0.1) is 11.6 Å². The maximum atomic E-state index is 13.6. The number of rotatable bonds is 7. The third kappa shape index (κ3) is 4.40. The van der Waals surface area contributed by atoms with Crippen molar-refractivity contribution in [3.8, 4) is 16.5 Å². The summed E-state index contributed by atoms with van der Waals surface area (Å²) in [6.45, 7) is -0.150. The molecule has 0 radical (unpaired) electrons. The van der Waals surface area contributed by atoms with Crippen molar-refractivity contribution in [1.82, 2.24) is 14.9 Å². The molecule has 1 N–H and O–H groups in total. The molecule has 0 fully saturated rings. The zero-order valence-electron chi connectivity index (χ0n) is 13.2. The lowest BCUT2D eigenvalue weighted by atomic mass is 10.3. The number of thiophene rings is 1. The fourth-order valence-corrected chi connectivity index (χ4v) is 3.82. The van der Waals surface area contributed by atoms with E-state index in [-0.39, 0.29) is 19.0 Å². The first-order valence-electron chi connectivity index (χ1n) is 7.41. The molecule has 0 aliphatic carbocycles. The second-order valence-electron chi connectivity index (χ2n) is 5.06. The minimum atomic E-state index is -4.10. The molecule has 0 unspecified atom stereocenters. The van der Waals surface area contributed by atoms with E-state index >= 15 is 0 Å². The van der Waals surface area contributed by atoms with Crippen LogP contribution in [0.5, 0.6) is 5.88 Å². The largest absolute Gasteiger partial charge is 0.475 e.